The lowest BCUT2D eigenvalue weighted by atomic mass is 10.1. The molecule has 1 amide bonds. The molecule has 2 aromatic heterocycles. The van der Waals surface area contributed by atoms with Crippen LogP contribution in [0.3, 0.4) is 0 Å². The molecule has 0 aliphatic heterocycles. The Labute approximate surface area is 156 Å². The molecule has 4 rings (SSSR count). The molecule has 0 spiro atoms. The fourth-order valence-corrected chi connectivity index (χ4v) is 3.33. The fourth-order valence-electron chi connectivity index (χ4n) is 3.33. The molecule has 0 radical (unpaired) electrons. The number of nitrogens with zero attached hydrogens (tertiary/aromatic N) is 3. The van der Waals surface area contributed by atoms with Crippen molar-refractivity contribution in [1.82, 2.24) is 19.7 Å². The number of amides is 1. The highest BCUT2D eigenvalue weighted by Crippen LogP contribution is 2.33. The number of rotatable bonds is 5. The molecular weight excluding hydrogens is 347 g/mol. The SMILES string of the molecule is COc1c(F)cccc1-c1cc(C)n2cnc(C(=O)NC(C)C3CC3)c2n1. The summed E-state index contributed by atoms with van der Waals surface area (Å²) < 4.78 is 21.1. The Balaban J connectivity index is 1.78. The number of imidazole rings is 1. The number of hydrogen-bond acceptors (Lipinski definition) is 4. The Morgan fingerprint density at radius 1 is 1.41 bits per heavy atom. The normalized spacial score (nSPS) is 15.0. The maximum absolute atomic E-state index is 14.1. The Morgan fingerprint density at radius 3 is 2.89 bits per heavy atom. The van der Waals surface area contributed by atoms with Crippen LogP contribution in [0.15, 0.2) is 30.6 Å². The summed E-state index contributed by atoms with van der Waals surface area (Å²) in [7, 11) is 1.42. The largest absolute Gasteiger partial charge is 0.493 e. The van der Waals surface area contributed by atoms with Crippen molar-refractivity contribution >= 4 is 11.6 Å². The molecule has 6 nitrogen and oxygen atoms in total. The van der Waals surface area contributed by atoms with Gasteiger partial charge in [-0.1, -0.05) is 6.07 Å². The first-order chi connectivity index (χ1) is 13.0. The van der Waals surface area contributed by atoms with E-state index in [2.05, 4.69) is 15.3 Å². The van der Waals surface area contributed by atoms with Gasteiger partial charge in [-0.05, 0) is 50.8 Å². The predicted molar refractivity (Wildman–Crippen MR) is 99.3 cm³/mol. The number of halogens is 1. The van der Waals surface area contributed by atoms with E-state index in [1.807, 2.05) is 19.9 Å². The van der Waals surface area contributed by atoms with E-state index in [4.69, 9.17) is 4.74 Å². The molecule has 1 unspecified atom stereocenters. The number of para-hydroxylation sites is 1. The fraction of sp³-hybridized carbons (Fsp3) is 0.350. The number of nitrogens with one attached hydrogen (secondary N) is 1. The van der Waals surface area contributed by atoms with E-state index in [1.165, 1.54) is 13.2 Å². The maximum atomic E-state index is 14.1. The van der Waals surface area contributed by atoms with E-state index < -0.39 is 5.82 Å². The van der Waals surface area contributed by atoms with Crippen LogP contribution in [0.1, 0.15) is 35.9 Å². The molecule has 0 bridgehead atoms. The van der Waals surface area contributed by atoms with Crippen LogP contribution in [0.4, 0.5) is 4.39 Å². The number of fused-ring (bicyclic) bond motifs is 1. The second-order valence-corrected chi connectivity index (χ2v) is 6.99. The molecule has 1 aliphatic rings. The number of ether oxygens (including phenoxy) is 1. The van der Waals surface area contributed by atoms with Gasteiger partial charge in [-0.15, -0.1) is 0 Å². The highest BCUT2D eigenvalue weighted by atomic mass is 19.1. The number of aromatic nitrogens is 3. The molecule has 7 heteroatoms. The van der Waals surface area contributed by atoms with Crippen molar-refractivity contribution < 1.29 is 13.9 Å². The van der Waals surface area contributed by atoms with E-state index in [9.17, 15) is 9.18 Å². The average molecular weight is 368 g/mol. The first-order valence-electron chi connectivity index (χ1n) is 8.98. The summed E-state index contributed by atoms with van der Waals surface area (Å²) in [6, 6.07) is 6.62. The Kier molecular flexibility index (Phi) is 4.30. The summed E-state index contributed by atoms with van der Waals surface area (Å²) in [5.74, 6) is -0.0301. The number of methoxy groups -OCH3 is 1. The molecule has 140 valence electrons. The first-order valence-corrected chi connectivity index (χ1v) is 8.98. The highest BCUT2D eigenvalue weighted by molar-refractivity contribution is 5.98. The van der Waals surface area contributed by atoms with Crippen molar-refractivity contribution in [2.75, 3.05) is 7.11 Å². The average Bonchev–Trinajstić information content (AvgIpc) is 3.40. The van der Waals surface area contributed by atoms with E-state index in [1.54, 1.807) is 22.9 Å². The second-order valence-electron chi connectivity index (χ2n) is 6.99. The van der Waals surface area contributed by atoms with Gasteiger partial charge in [-0.25, -0.2) is 14.4 Å². The zero-order valence-corrected chi connectivity index (χ0v) is 15.5. The molecule has 2 heterocycles. The summed E-state index contributed by atoms with van der Waals surface area (Å²) in [4.78, 5) is 21.6. The topological polar surface area (TPSA) is 68.5 Å². The minimum atomic E-state index is -0.459. The molecule has 0 saturated heterocycles. The van der Waals surface area contributed by atoms with Crippen LogP contribution >= 0.6 is 0 Å². The molecule has 1 aliphatic carbocycles. The van der Waals surface area contributed by atoms with Crippen molar-refractivity contribution in [3.8, 4) is 17.0 Å². The lowest BCUT2D eigenvalue weighted by Gasteiger charge is -2.12. The molecule has 1 N–H and O–H groups in total. The number of carbonyl (C=O) groups is 1. The molecule has 1 saturated carbocycles. The van der Waals surface area contributed by atoms with Gasteiger partial charge in [-0.3, -0.25) is 9.20 Å². The zero-order valence-electron chi connectivity index (χ0n) is 15.5. The summed E-state index contributed by atoms with van der Waals surface area (Å²) >= 11 is 0. The zero-order chi connectivity index (χ0) is 19.1. The van der Waals surface area contributed by atoms with Crippen LogP contribution < -0.4 is 10.1 Å². The molecule has 1 atom stereocenters. The van der Waals surface area contributed by atoms with Gasteiger partial charge in [0.1, 0.15) is 6.33 Å². The van der Waals surface area contributed by atoms with E-state index in [-0.39, 0.29) is 23.4 Å². The molecule has 27 heavy (non-hydrogen) atoms. The predicted octanol–water partition coefficient (Wildman–Crippen LogP) is 3.38. The minimum Gasteiger partial charge on any atom is -0.493 e. The third-order valence-electron chi connectivity index (χ3n) is 5.04. The molecule has 1 aromatic carbocycles. The summed E-state index contributed by atoms with van der Waals surface area (Å²) in [5, 5.41) is 3.01. The second kappa shape index (κ2) is 6.64. The summed E-state index contributed by atoms with van der Waals surface area (Å²) in [6.07, 6.45) is 3.87. The van der Waals surface area contributed by atoms with E-state index in [0.717, 1.165) is 18.5 Å². The van der Waals surface area contributed by atoms with Crippen molar-refractivity contribution in [1.29, 1.82) is 0 Å². The van der Waals surface area contributed by atoms with Gasteiger partial charge in [0.05, 0.1) is 12.8 Å². The monoisotopic (exact) mass is 368 g/mol. The number of hydrogen-bond donors (Lipinski definition) is 1. The Bertz CT molecular complexity index is 1030. The number of carbonyl (C=O) groups excluding carboxylic acids is 1. The van der Waals surface area contributed by atoms with Gasteiger partial charge in [-0.2, -0.15) is 0 Å². The van der Waals surface area contributed by atoms with Gasteiger partial charge < -0.3 is 10.1 Å². The summed E-state index contributed by atoms with van der Waals surface area (Å²) in [6.45, 7) is 3.90. The summed E-state index contributed by atoms with van der Waals surface area (Å²) in [5.41, 5.74) is 2.60. The van der Waals surface area contributed by atoms with Gasteiger partial charge in [0, 0.05) is 17.3 Å². The quantitative estimate of drug-likeness (QED) is 0.750. The lowest BCUT2D eigenvalue weighted by molar-refractivity contribution is 0.0933. The Hall–Kier alpha value is -2.96. The molecule has 1 fully saturated rings. The Morgan fingerprint density at radius 2 is 2.19 bits per heavy atom. The van der Waals surface area contributed by atoms with Crippen LogP contribution in [0.25, 0.3) is 16.9 Å². The van der Waals surface area contributed by atoms with Crippen LogP contribution in [-0.4, -0.2) is 33.4 Å². The third-order valence-corrected chi connectivity index (χ3v) is 5.04. The van der Waals surface area contributed by atoms with Crippen LogP contribution in [0.5, 0.6) is 5.75 Å². The van der Waals surface area contributed by atoms with Gasteiger partial charge >= 0.3 is 0 Å². The minimum absolute atomic E-state index is 0.113. The van der Waals surface area contributed by atoms with Crippen molar-refractivity contribution in [2.45, 2.75) is 32.7 Å². The van der Waals surface area contributed by atoms with E-state index in [0.29, 0.717) is 22.8 Å². The van der Waals surface area contributed by atoms with E-state index >= 15 is 0 Å². The van der Waals surface area contributed by atoms with Crippen molar-refractivity contribution in [2.24, 2.45) is 5.92 Å². The van der Waals surface area contributed by atoms with Crippen LogP contribution in [0.2, 0.25) is 0 Å². The van der Waals surface area contributed by atoms with Crippen LogP contribution in [-0.2, 0) is 0 Å². The van der Waals surface area contributed by atoms with Crippen molar-refractivity contribution in [3.63, 3.8) is 0 Å². The third kappa shape index (κ3) is 3.13. The standard InChI is InChI=1S/C20H21FN4O2/c1-11-9-16(14-5-4-6-15(21)18(14)27-3)24-19-17(22-10-25(11)19)20(26)23-12(2)13-7-8-13/h4-6,9-10,12-13H,7-8H2,1-3H3,(H,23,26). The number of benzene rings is 1. The molecule has 3 aromatic rings. The van der Waals surface area contributed by atoms with Gasteiger partial charge in [0.2, 0.25) is 0 Å². The lowest BCUT2D eigenvalue weighted by Crippen LogP contribution is -2.34. The highest BCUT2D eigenvalue weighted by Gasteiger charge is 2.30. The smallest absolute Gasteiger partial charge is 0.274 e. The van der Waals surface area contributed by atoms with Crippen LogP contribution in [0, 0.1) is 18.7 Å². The van der Waals surface area contributed by atoms with Crippen molar-refractivity contribution in [3.05, 3.63) is 47.8 Å². The number of aryl methyl sites for hydroxylation is 1. The first kappa shape index (κ1) is 17.5. The molecular formula is C20H21FN4O2. The van der Waals surface area contributed by atoms with Gasteiger partial charge in [0.25, 0.3) is 5.91 Å². The maximum Gasteiger partial charge on any atom is 0.274 e. The van der Waals surface area contributed by atoms with Gasteiger partial charge in [0.15, 0.2) is 22.9 Å².